The Morgan fingerprint density at radius 1 is 0.968 bits per heavy atom. The van der Waals surface area contributed by atoms with Gasteiger partial charge in [-0.1, -0.05) is 42.5 Å². The van der Waals surface area contributed by atoms with E-state index < -0.39 is 30.3 Å². The Balaban J connectivity index is 1.67. The van der Waals surface area contributed by atoms with Crippen molar-refractivity contribution in [2.45, 2.75) is 18.9 Å². The minimum Gasteiger partial charge on any atom is -0.488 e. The van der Waals surface area contributed by atoms with E-state index in [4.69, 9.17) is 4.74 Å². The molecule has 1 amide bonds. The lowest BCUT2D eigenvalue weighted by atomic mass is 10.0. The second kappa shape index (κ2) is 9.61. The summed E-state index contributed by atoms with van der Waals surface area (Å²) in [5, 5.41) is 12.7. The molecule has 0 aliphatic heterocycles. The normalized spacial score (nSPS) is 12.3. The van der Waals surface area contributed by atoms with Gasteiger partial charge in [-0.25, -0.2) is 4.39 Å². The SMILES string of the molecule is O=C(NCC(O)c1ccccc1C(F)(F)F)c1ccccc1OCc1ccc(F)cc1. The Kier molecular flexibility index (Phi) is 6.91. The average Bonchev–Trinajstić information content (AvgIpc) is 2.76. The van der Waals surface area contributed by atoms with Crippen LogP contribution in [0.25, 0.3) is 0 Å². The number of benzene rings is 3. The lowest BCUT2D eigenvalue weighted by Gasteiger charge is -2.18. The van der Waals surface area contributed by atoms with Crippen molar-refractivity contribution in [3.05, 3.63) is 101 Å². The summed E-state index contributed by atoms with van der Waals surface area (Å²) >= 11 is 0. The maximum atomic E-state index is 13.1. The van der Waals surface area contributed by atoms with E-state index in [9.17, 15) is 27.5 Å². The molecule has 0 aromatic heterocycles. The van der Waals surface area contributed by atoms with Crippen molar-refractivity contribution < 1.29 is 32.2 Å². The van der Waals surface area contributed by atoms with E-state index in [0.29, 0.717) is 5.56 Å². The minimum atomic E-state index is -4.62. The number of rotatable bonds is 7. The summed E-state index contributed by atoms with van der Waals surface area (Å²) in [6.07, 6.45) is -6.17. The van der Waals surface area contributed by atoms with Crippen LogP contribution in [0.3, 0.4) is 0 Å². The highest BCUT2D eigenvalue weighted by Crippen LogP contribution is 2.34. The van der Waals surface area contributed by atoms with E-state index in [1.165, 1.54) is 36.4 Å². The summed E-state index contributed by atoms with van der Waals surface area (Å²) in [4.78, 5) is 12.6. The van der Waals surface area contributed by atoms with Gasteiger partial charge in [-0.2, -0.15) is 13.2 Å². The summed E-state index contributed by atoms with van der Waals surface area (Å²) in [7, 11) is 0. The predicted octanol–water partition coefficient (Wildman–Crippen LogP) is 4.89. The van der Waals surface area contributed by atoms with Crippen molar-refractivity contribution in [1.82, 2.24) is 5.32 Å². The maximum Gasteiger partial charge on any atom is 0.416 e. The topological polar surface area (TPSA) is 58.6 Å². The molecular weight excluding hydrogens is 414 g/mol. The van der Waals surface area contributed by atoms with E-state index in [-0.39, 0.29) is 29.3 Å². The summed E-state index contributed by atoms with van der Waals surface area (Å²) in [5.74, 6) is -0.748. The zero-order valence-electron chi connectivity index (χ0n) is 16.2. The molecule has 3 aromatic rings. The smallest absolute Gasteiger partial charge is 0.416 e. The molecule has 0 aliphatic carbocycles. The Morgan fingerprint density at radius 2 is 1.61 bits per heavy atom. The Labute approximate surface area is 176 Å². The fraction of sp³-hybridized carbons (Fsp3) is 0.174. The van der Waals surface area contributed by atoms with Crippen LogP contribution in [0, 0.1) is 5.82 Å². The van der Waals surface area contributed by atoms with Crippen LogP contribution in [0.15, 0.2) is 72.8 Å². The van der Waals surface area contributed by atoms with Crippen molar-refractivity contribution in [2.75, 3.05) is 6.54 Å². The molecule has 0 heterocycles. The quantitative estimate of drug-likeness (QED) is 0.522. The van der Waals surface area contributed by atoms with Crippen LogP contribution >= 0.6 is 0 Å². The third kappa shape index (κ3) is 5.82. The number of hydrogen-bond acceptors (Lipinski definition) is 3. The molecule has 0 aliphatic rings. The average molecular weight is 433 g/mol. The van der Waals surface area contributed by atoms with Crippen molar-refractivity contribution in [1.29, 1.82) is 0 Å². The molecule has 0 saturated heterocycles. The van der Waals surface area contributed by atoms with E-state index >= 15 is 0 Å². The van der Waals surface area contributed by atoms with Crippen molar-refractivity contribution in [3.8, 4) is 5.75 Å². The van der Waals surface area contributed by atoms with Gasteiger partial charge in [-0.05, 0) is 41.5 Å². The molecule has 4 nitrogen and oxygen atoms in total. The molecule has 1 unspecified atom stereocenters. The summed E-state index contributed by atoms with van der Waals surface area (Å²) < 4.78 is 58.1. The second-order valence-electron chi connectivity index (χ2n) is 6.72. The molecule has 0 radical (unpaired) electrons. The van der Waals surface area contributed by atoms with Gasteiger partial charge in [0.05, 0.1) is 17.2 Å². The van der Waals surface area contributed by atoms with Crippen molar-refractivity contribution >= 4 is 5.91 Å². The second-order valence-corrected chi connectivity index (χ2v) is 6.72. The number of halogens is 4. The summed E-state index contributed by atoms with van der Waals surface area (Å²) in [6, 6.07) is 16.6. The maximum absolute atomic E-state index is 13.1. The molecule has 162 valence electrons. The first-order chi connectivity index (χ1) is 14.8. The van der Waals surface area contributed by atoms with Crippen LogP contribution in [-0.4, -0.2) is 17.6 Å². The van der Waals surface area contributed by atoms with E-state index in [1.807, 2.05) is 0 Å². The molecule has 3 aromatic carbocycles. The molecule has 1 atom stereocenters. The van der Waals surface area contributed by atoms with Crippen LogP contribution in [0.1, 0.15) is 33.2 Å². The number of aliphatic hydroxyl groups is 1. The zero-order valence-corrected chi connectivity index (χ0v) is 16.2. The Hall–Kier alpha value is -3.39. The van der Waals surface area contributed by atoms with Gasteiger partial charge in [-0.15, -0.1) is 0 Å². The van der Waals surface area contributed by atoms with Crippen molar-refractivity contribution in [3.63, 3.8) is 0 Å². The van der Waals surface area contributed by atoms with Crippen LogP contribution < -0.4 is 10.1 Å². The molecule has 2 N–H and O–H groups in total. The fourth-order valence-corrected chi connectivity index (χ4v) is 2.96. The lowest BCUT2D eigenvalue weighted by Crippen LogP contribution is -2.29. The number of ether oxygens (including phenoxy) is 1. The number of para-hydroxylation sites is 1. The van der Waals surface area contributed by atoms with Gasteiger partial charge in [0.2, 0.25) is 0 Å². The third-order valence-corrected chi connectivity index (χ3v) is 4.52. The summed E-state index contributed by atoms with van der Waals surface area (Å²) in [6.45, 7) is -0.329. The van der Waals surface area contributed by atoms with Gasteiger partial charge < -0.3 is 15.2 Å². The van der Waals surface area contributed by atoms with Crippen LogP contribution in [-0.2, 0) is 12.8 Å². The molecule has 8 heteroatoms. The van der Waals surface area contributed by atoms with Crippen molar-refractivity contribution in [2.24, 2.45) is 0 Å². The van der Waals surface area contributed by atoms with Crippen LogP contribution in [0.4, 0.5) is 17.6 Å². The van der Waals surface area contributed by atoms with Gasteiger partial charge in [0, 0.05) is 6.54 Å². The molecular formula is C23H19F4NO3. The van der Waals surface area contributed by atoms with Gasteiger partial charge in [0.1, 0.15) is 18.2 Å². The number of nitrogens with one attached hydrogen (secondary N) is 1. The molecule has 3 rings (SSSR count). The third-order valence-electron chi connectivity index (χ3n) is 4.52. The zero-order chi connectivity index (χ0) is 22.4. The molecule has 31 heavy (non-hydrogen) atoms. The summed E-state index contributed by atoms with van der Waals surface area (Å²) in [5.41, 5.74) is -0.437. The molecule has 0 saturated carbocycles. The number of aliphatic hydroxyl groups excluding tert-OH is 1. The first-order valence-electron chi connectivity index (χ1n) is 9.34. The molecule has 0 spiro atoms. The predicted molar refractivity (Wildman–Crippen MR) is 106 cm³/mol. The van der Waals surface area contributed by atoms with E-state index in [0.717, 1.165) is 6.07 Å². The van der Waals surface area contributed by atoms with Crippen LogP contribution in [0.5, 0.6) is 5.75 Å². The lowest BCUT2D eigenvalue weighted by molar-refractivity contribution is -0.139. The molecule has 0 fully saturated rings. The highest BCUT2D eigenvalue weighted by molar-refractivity contribution is 5.96. The van der Waals surface area contributed by atoms with Gasteiger partial charge in [0.25, 0.3) is 5.91 Å². The minimum absolute atomic E-state index is 0.0894. The highest BCUT2D eigenvalue weighted by atomic mass is 19.4. The van der Waals surface area contributed by atoms with Gasteiger partial charge in [0.15, 0.2) is 0 Å². The number of carbonyl (C=O) groups excluding carboxylic acids is 1. The van der Waals surface area contributed by atoms with E-state index in [1.54, 1.807) is 30.3 Å². The number of amides is 1. The number of hydrogen-bond donors (Lipinski definition) is 2. The number of carbonyl (C=O) groups is 1. The highest BCUT2D eigenvalue weighted by Gasteiger charge is 2.34. The fourth-order valence-electron chi connectivity index (χ4n) is 2.96. The Bertz CT molecular complexity index is 1040. The Morgan fingerprint density at radius 3 is 2.32 bits per heavy atom. The van der Waals surface area contributed by atoms with Gasteiger partial charge in [-0.3, -0.25) is 4.79 Å². The molecule has 0 bridgehead atoms. The largest absolute Gasteiger partial charge is 0.488 e. The standard InChI is InChI=1S/C23H19F4NO3/c24-16-11-9-15(10-12-16)14-31-21-8-4-2-6-18(21)22(30)28-13-20(29)17-5-1-3-7-19(17)23(25,26)27/h1-12,20,29H,13-14H2,(H,28,30). The first kappa shape index (κ1) is 22.3. The number of alkyl halides is 3. The van der Waals surface area contributed by atoms with Crippen LogP contribution in [0.2, 0.25) is 0 Å². The first-order valence-corrected chi connectivity index (χ1v) is 9.34. The van der Waals surface area contributed by atoms with E-state index in [2.05, 4.69) is 5.32 Å². The monoisotopic (exact) mass is 433 g/mol. The van der Waals surface area contributed by atoms with Gasteiger partial charge >= 0.3 is 6.18 Å².